The third-order valence-electron chi connectivity index (χ3n) is 4.38. The van der Waals surface area contributed by atoms with E-state index in [9.17, 15) is 4.79 Å². The summed E-state index contributed by atoms with van der Waals surface area (Å²) in [5.74, 6) is 0.616. The van der Waals surface area contributed by atoms with Crippen molar-refractivity contribution in [3.63, 3.8) is 0 Å². The molecule has 10 heteroatoms. The number of thioether (sulfide) groups is 1. The van der Waals surface area contributed by atoms with E-state index in [1.165, 1.54) is 11.8 Å². The van der Waals surface area contributed by atoms with Gasteiger partial charge in [-0.15, -0.1) is 5.10 Å². The lowest BCUT2D eigenvalue weighted by atomic mass is 10.1. The Morgan fingerprint density at radius 3 is 2.35 bits per heavy atom. The quantitative estimate of drug-likeness (QED) is 0.360. The third kappa shape index (κ3) is 6.41. The van der Waals surface area contributed by atoms with Gasteiger partial charge in [-0.1, -0.05) is 54.0 Å². The van der Waals surface area contributed by atoms with E-state index >= 15 is 0 Å². The number of nitrogens with zero attached hydrogens (tertiary/aromatic N) is 5. The first-order valence-electron chi connectivity index (χ1n) is 9.87. The summed E-state index contributed by atoms with van der Waals surface area (Å²) in [4.78, 5) is 21.8. The Labute approximate surface area is 196 Å². The number of benzene rings is 1. The summed E-state index contributed by atoms with van der Waals surface area (Å²) < 4.78 is 1.59. The second kappa shape index (κ2) is 10.4. The molecule has 0 aliphatic heterocycles. The first-order chi connectivity index (χ1) is 14.7. The Morgan fingerprint density at radius 2 is 1.74 bits per heavy atom. The smallest absolute Gasteiger partial charge is 0.273 e. The number of carbonyl (C=O) groups is 1. The number of aromatic nitrogens is 5. The Morgan fingerprint density at radius 1 is 1.10 bits per heavy atom. The maximum atomic E-state index is 12.8. The van der Waals surface area contributed by atoms with Crippen molar-refractivity contribution in [1.82, 2.24) is 30.3 Å². The zero-order valence-electron chi connectivity index (χ0n) is 17.8. The highest BCUT2D eigenvalue weighted by Crippen LogP contribution is 2.26. The zero-order chi connectivity index (χ0) is 22.5. The van der Waals surface area contributed by atoms with Gasteiger partial charge in [0, 0.05) is 33.7 Å². The van der Waals surface area contributed by atoms with E-state index in [1.54, 1.807) is 22.9 Å². The highest BCUT2D eigenvalue weighted by atomic mass is 35.5. The van der Waals surface area contributed by atoms with Crippen LogP contribution in [0.25, 0.3) is 5.69 Å². The number of hydrogen-bond acceptors (Lipinski definition) is 6. The molecule has 0 aliphatic carbocycles. The standard InChI is InChI=1S/C21H24Cl2N6OS/c1-12(2)5-6-24-20(30)19-18(11-31-21-25-13(3)7-14(4)26-21)29(28-27-19)17-9-15(22)8-16(23)10-17/h7-10,12H,5-6,11H2,1-4H3,(H,24,30). The second-order valence-electron chi connectivity index (χ2n) is 7.58. The summed E-state index contributed by atoms with van der Waals surface area (Å²) in [5.41, 5.74) is 3.28. The second-order valence-corrected chi connectivity index (χ2v) is 9.40. The van der Waals surface area contributed by atoms with Crippen LogP contribution in [0.15, 0.2) is 29.4 Å². The van der Waals surface area contributed by atoms with E-state index in [2.05, 4.69) is 39.4 Å². The van der Waals surface area contributed by atoms with Crippen molar-refractivity contribution in [2.24, 2.45) is 5.92 Å². The largest absolute Gasteiger partial charge is 0.351 e. The van der Waals surface area contributed by atoms with Gasteiger partial charge < -0.3 is 5.32 Å². The molecule has 0 fully saturated rings. The van der Waals surface area contributed by atoms with Crippen LogP contribution in [0.3, 0.4) is 0 Å². The average Bonchev–Trinajstić information content (AvgIpc) is 3.08. The van der Waals surface area contributed by atoms with Gasteiger partial charge in [-0.3, -0.25) is 4.79 Å². The molecule has 1 amide bonds. The van der Waals surface area contributed by atoms with Crippen molar-refractivity contribution in [3.8, 4) is 5.69 Å². The summed E-state index contributed by atoms with van der Waals surface area (Å²) in [6, 6.07) is 7.01. The fraction of sp³-hybridized carbons (Fsp3) is 0.381. The van der Waals surface area contributed by atoms with Crippen LogP contribution in [0.4, 0.5) is 0 Å². The summed E-state index contributed by atoms with van der Waals surface area (Å²) in [6.07, 6.45) is 0.879. The van der Waals surface area contributed by atoms with Gasteiger partial charge in [0.15, 0.2) is 10.9 Å². The number of rotatable bonds is 8. The fourth-order valence-electron chi connectivity index (χ4n) is 2.93. The van der Waals surface area contributed by atoms with Gasteiger partial charge in [0.2, 0.25) is 0 Å². The lowest BCUT2D eigenvalue weighted by molar-refractivity contribution is 0.0946. The Hall–Kier alpha value is -2.16. The van der Waals surface area contributed by atoms with E-state index in [0.717, 1.165) is 17.8 Å². The molecule has 0 unspecified atom stereocenters. The zero-order valence-corrected chi connectivity index (χ0v) is 20.1. The molecule has 3 rings (SSSR count). The minimum Gasteiger partial charge on any atom is -0.351 e. The number of hydrogen-bond donors (Lipinski definition) is 1. The Bertz CT molecular complexity index is 1050. The molecular weight excluding hydrogens is 455 g/mol. The molecule has 31 heavy (non-hydrogen) atoms. The van der Waals surface area contributed by atoms with Crippen molar-refractivity contribution in [2.45, 2.75) is 45.0 Å². The third-order valence-corrected chi connectivity index (χ3v) is 5.67. The highest BCUT2D eigenvalue weighted by Gasteiger charge is 2.22. The van der Waals surface area contributed by atoms with Gasteiger partial charge in [0.1, 0.15) is 0 Å². The predicted molar refractivity (Wildman–Crippen MR) is 124 cm³/mol. The van der Waals surface area contributed by atoms with Crippen LogP contribution >= 0.6 is 35.0 Å². The topological polar surface area (TPSA) is 85.6 Å². The summed E-state index contributed by atoms with van der Waals surface area (Å²) in [6.45, 7) is 8.63. The molecule has 1 N–H and O–H groups in total. The molecule has 164 valence electrons. The van der Waals surface area contributed by atoms with E-state index in [4.69, 9.17) is 23.2 Å². The molecule has 2 heterocycles. The van der Waals surface area contributed by atoms with Gasteiger partial charge in [-0.2, -0.15) is 0 Å². The van der Waals surface area contributed by atoms with Crippen LogP contribution in [0.2, 0.25) is 10.0 Å². The molecule has 0 radical (unpaired) electrons. The maximum absolute atomic E-state index is 12.8. The minimum absolute atomic E-state index is 0.261. The van der Waals surface area contributed by atoms with Crippen LogP contribution in [0.1, 0.15) is 47.8 Å². The molecule has 0 saturated carbocycles. The number of aryl methyl sites for hydroxylation is 2. The molecule has 1 aromatic carbocycles. The molecule has 0 bridgehead atoms. The lowest BCUT2D eigenvalue weighted by Gasteiger charge is -2.10. The maximum Gasteiger partial charge on any atom is 0.273 e. The molecule has 3 aromatic rings. The van der Waals surface area contributed by atoms with Gasteiger partial charge in [0.05, 0.1) is 11.4 Å². The Kier molecular flexibility index (Phi) is 7.91. The van der Waals surface area contributed by atoms with E-state index in [0.29, 0.717) is 44.8 Å². The van der Waals surface area contributed by atoms with Crippen LogP contribution in [-0.2, 0) is 5.75 Å². The van der Waals surface area contributed by atoms with Crippen molar-refractivity contribution >= 4 is 40.9 Å². The Balaban J connectivity index is 1.93. The van der Waals surface area contributed by atoms with Gasteiger partial charge >= 0.3 is 0 Å². The molecule has 0 spiro atoms. The van der Waals surface area contributed by atoms with E-state index in [-0.39, 0.29) is 11.6 Å². The van der Waals surface area contributed by atoms with Crippen molar-refractivity contribution in [2.75, 3.05) is 6.54 Å². The summed E-state index contributed by atoms with van der Waals surface area (Å²) in [5, 5.41) is 12.9. The first-order valence-corrected chi connectivity index (χ1v) is 11.6. The normalized spacial score (nSPS) is 11.2. The van der Waals surface area contributed by atoms with E-state index < -0.39 is 0 Å². The molecule has 0 saturated heterocycles. The van der Waals surface area contributed by atoms with Crippen LogP contribution in [0, 0.1) is 19.8 Å². The predicted octanol–water partition coefficient (Wildman–Crippen LogP) is 5.05. The summed E-state index contributed by atoms with van der Waals surface area (Å²) in [7, 11) is 0. The fourth-order valence-corrected chi connectivity index (χ4v) is 4.38. The van der Waals surface area contributed by atoms with Crippen LogP contribution in [-0.4, -0.2) is 37.4 Å². The minimum atomic E-state index is -0.267. The molecular formula is C21H24Cl2N6OS. The SMILES string of the molecule is Cc1cc(C)nc(SCc2c(C(=O)NCCC(C)C)nnn2-c2cc(Cl)cc(Cl)c2)n1. The average molecular weight is 479 g/mol. The molecule has 7 nitrogen and oxygen atoms in total. The van der Waals surface area contributed by atoms with Crippen molar-refractivity contribution in [3.05, 3.63) is 57.1 Å². The molecule has 0 atom stereocenters. The number of amides is 1. The van der Waals surface area contributed by atoms with Crippen LogP contribution < -0.4 is 5.32 Å². The lowest BCUT2D eigenvalue weighted by Crippen LogP contribution is -2.26. The van der Waals surface area contributed by atoms with E-state index in [1.807, 2.05) is 19.9 Å². The van der Waals surface area contributed by atoms with Gasteiger partial charge in [-0.05, 0) is 50.5 Å². The van der Waals surface area contributed by atoms with Gasteiger partial charge in [-0.25, -0.2) is 14.6 Å². The monoisotopic (exact) mass is 478 g/mol. The number of halogens is 2. The molecule has 0 aliphatic rings. The molecule has 2 aromatic heterocycles. The highest BCUT2D eigenvalue weighted by molar-refractivity contribution is 7.98. The number of carbonyl (C=O) groups excluding carboxylic acids is 1. The summed E-state index contributed by atoms with van der Waals surface area (Å²) >= 11 is 13.8. The number of nitrogens with one attached hydrogen (secondary N) is 1. The van der Waals surface area contributed by atoms with Crippen LogP contribution in [0.5, 0.6) is 0 Å². The first kappa shape index (κ1) is 23.5. The van der Waals surface area contributed by atoms with Gasteiger partial charge in [0.25, 0.3) is 5.91 Å². The van der Waals surface area contributed by atoms with Crippen molar-refractivity contribution in [1.29, 1.82) is 0 Å². The van der Waals surface area contributed by atoms with Crippen molar-refractivity contribution < 1.29 is 4.79 Å².